The second kappa shape index (κ2) is 8.44. The minimum Gasteiger partial charge on any atom is -0.466 e. The third kappa shape index (κ3) is 6.28. The van der Waals surface area contributed by atoms with Gasteiger partial charge in [-0.15, -0.1) is 0 Å². The van der Waals surface area contributed by atoms with Crippen molar-refractivity contribution in [2.24, 2.45) is 4.40 Å². The predicted molar refractivity (Wildman–Crippen MR) is 91.8 cm³/mol. The van der Waals surface area contributed by atoms with Crippen molar-refractivity contribution in [3.63, 3.8) is 0 Å². The molecule has 0 saturated heterocycles. The Kier molecular flexibility index (Phi) is 7.23. The van der Waals surface area contributed by atoms with Crippen LogP contribution in [0.1, 0.15) is 46.1 Å². The zero-order valence-corrected chi connectivity index (χ0v) is 15.0. The van der Waals surface area contributed by atoms with E-state index in [1.165, 1.54) is 0 Å². The summed E-state index contributed by atoms with van der Waals surface area (Å²) in [5, 5.41) is 0.616. The fraction of sp³-hybridized carbons (Fsp3) is 0.500. The Morgan fingerprint density at radius 2 is 1.82 bits per heavy atom. The molecule has 6 heteroatoms. The number of rotatable bonds is 6. The van der Waals surface area contributed by atoms with Gasteiger partial charge in [0.2, 0.25) is 0 Å². The molecule has 0 aromatic heterocycles. The van der Waals surface area contributed by atoms with Gasteiger partial charge < -0.3 is 4.74 Å². The maximum Gasteiger partial charge on any atom is 0.306 e. The first-order valence-electron chi connectivity index (χ1n) is 7.15. The van der Waals surface area contributed by atoms with E-state index in [0.29, 0.717) is 23.8 Å². The second-order valence-electron chi connectivity index (χ2n) is 5.71. The Bertz CT molecular complexity index is 562. The normalized spacial score (nSPS) is 13.8. The van der Waals surface area contributed by atoms with Crippen molar-refractivity contribution in [1.82, 2.24) is 0 Å². The summed E-state index contributed by atoms with van der Waals surface area (Å²) in [6.07, 6.45) is 0.582. The monoisotopic (exact) mass is 343 g/mol. The van der Waals surface area contributed by atoms with E-state index in [9.17, 15) is 9.00 Å². The SMILES string of the molecule is CCOC(=O)CC/C(=N\[S@](=O)C(C)(C)C)c1ccc(Cl)cc1. The molecule has 0 saturated carbocycles. The molecule has 1 aromatic rings. The Morgan fingerprint density at radius 1 is 1.23 bits per heavy atom. The maximum absolute atomic E-state index is 12.3. The van der Waals surface area contributed by atoms with Crippen molar-refractivity contribution in [3.8, 4) is 0 Å². The van der Waals surface area contributed by atoms with Gasteiger partial charge in [0.15, 0.2) is 0 Å². The third-order valence-electron chi connectivity index (χ3n) is 2.77. The van der Waals surface area contributed by atoms with E-state index >= 15 is 0 Å². The molecule has 1 rings (SSSR count). The van der Waals surface area contributed by atoms with E-state index < -0.39 is 15.7 Å². The number of halogens is 1. The first kappa shape index (κ1) is 18.8. The van der Waals surface area contributed by atoms with E-state index in [2.05, 4.69) is 4.40 Å². The molecule has 0 unspecified atom stereocenters. The van der Waals surface area contributed by atoms with Gasteiger partial charge in [-0.1, -0.05) is 23.7 Å². The van der Waals surface area contributed by atoms with Crippen LogP contribution in [0, 0.1) is 0 Å². The summed E-state index contributed by atoms with van der Waals surface area (Å²) in [5.74, 6) is -0.286. The minimum atomic E-state index is -1.39. The molecule has 0 spiro atoms. The zero-order chi connectivity index (χ0) is 16.8. The molecule has 0 amide bonds. The van der Waals surface area contributed by atoms with Crippen LogP contribution in [0.2, 0.25) is 5.02 Å². The quantitative estimate of drug-likeness (QED) is 0.580. The number of carbonyl (C=O) groups excluding carboxylic acids is 1. The molecule has 1 atom stereocenters. The molecular formula is C16H22ClNO3S. The Balaban J connectivity index is 3.00. The van der Waals surface area contributed by atoms with Crippen LogP contribution in [0.15, 0.2) is 28.7 Å². The Morgan fingerprint density at radius 3 is 2.32 bits per heavy atom. The van der Waals surface area contributed by atoms with Crippen molar-refractivity contribution in [2.75, 3.05) is 6.61 Å². The molecule has 22 heavy (non-hydrogen) atoms. The highest BCUT2D eigenvalue weighted by Crippen LogP contribution is 2.17. The molecule has 0 fully saturated rings. The van der Waals surface area contributed by atoms with Crippen LogP contribution < -0.4 is 0 Å². The highest BCUT2D eigenvalue weighted by Gasteiger charge is 2.20. The summed E-state index contributed by atoms with van der Waals surface area (Å²) < 4.78 is 21.1. The van der Waals surface area contributed by atoms with E-state index in [1.807, 2.05) is 32.9 Å². The number of esters is 1. The van der Waals surface area contributed by atoms with Crippen molar-refractivity contribution in [1.29, 1.82) is 0 Å². The molecule has 0 radical (unpaired) electrons. The summed E-state index contributed by atoms with van der Waals surface area (Å²) in [5.41, 5.74) is 1.43. The summed E-state index contributed by atoms with van der Waals surface area (Å²) in [4.78, 5) is 11.5. The first-order chi connectivity index (χ1) is 10.2. The van der Waals surface area contributed by atoms with Crippen LogP contribution in [0.3, 0.4) is 0 Å². The van der Waals surface area contributed by atoms with Gasteiger partial charge in [-0.3, -0.25) is 4.79 Å². The average molecular weight is 344 g/mol. The van der Waals surface area contributed by atoms with Crippen molar-refractivity contribution in [2.45, 2.75) is 45.3 Å². The lowest BCUT2D eigenvalue weighted by Gasteiger charge is -2.15. The number of nitrogens with zero attached hydrogens (tertiary/aromatic N) is 1. The van der Waals surface area contributed by atoms with E-state index in [1.54, 1.807) is 19.1 Å². The number of benzene rings is 1. The smallest absolute Gasteiger partial charge is 0.306 e. The van der Waals surface area contributed by atoms with Crippen LogP contribution >= 0.6 is 11.6 Å². The van der Waals surface area contributed by atoms with E-state index in [4.69, 9.17) is 16.3 Å². The van der Waals surface area contributed by atoms with Crippen LogP contribution in [0.5, 0.6) is 0 Å². The van der Waals surface area contributed by atoms with E-state index in [-0.39, 0.29) is 12.4 Å². The van der Waals surface area contributed by atoms with Crippen LogP contribution in [-0.4, -0.2) is 27.2 Å². The fourth-order valence-corrected chi connectivity index (χ4v) is 2.37. The molecule has 0 aliphatic heterocycles. The molecular weight excluding hydrogens is 322 g/mol. The van der Waals surface area contributed by atoms with Gasteiger partial charge >= 0.3 is 5.97 Å². The number of carbonyl (C=O) groups is 1. The lowest BCUT2D eigenvalue weighted by atomic mass is 10.1. The first-order valence-corrected chi connectivity index (χ1v) is 8.63. The van der Waals surface area contributed by atoms with Gasteiger partial charge in [-0.25, -0.2) is 4.21 Å². The largest absolute Gasteiger partial charge is 0.466 e. The molecule has 122 valence electrons. The minimum absolute atomic E-state index is 0.205. The second-order valence-corrected chi connectivity index (χ2v) is 8.05. The van der Waals surface area contributed by atoms with Gasteiger partial charge in [0.25, 0.3) is 0 Å². The number of hydrogen-bond donors (Lipinski definition) is 0. The molecule has 0 aliphatic carbocycles. The van der Waals surface area contributed by atoms with Crippen molar-refractivity contribution in [3.05, 3.63) is 34.9 Å². The third-order valence-corrected chi connectivity index (χ3v) is 4.45. The van der Waals surface area contributed by atoms with Gasteiger partial charge in [0.1, 0.15) is 11.0 Å². The highest BCUT2D eigenvalue weighted by atomic mass is 35.5. The molecule has 0 heterocycles. The molecule has 0 bridgehead atoms. The van der Waals surface area contributed by atoms with Crippen LogP contribution in [-0.2, 0) is 20.5 Å². The summed E-state index contributed by atoms with van der Waals surface area (Å²) in [6, 6.07) is 7.12. The number of ether oxygens (including phenoxy) is 1. The average Bonchev–Trinajstić information content (AvgIpc) is 2.43. The van der Waals surface area contributed by atoms with Gasteiger partial charge in [-0.2, -0.15) is 4.40 Å². The maximum atomic E-state index is 12.3. The van der Waals surface area contributed by atoms with E-state index in [0.717, 1.165) is 5.56 Å². The Hall–Kier alpha value is -1.20. The predicted octanol–water partition coefficient (Wildman–Crippen LogP) is 3.93. The summed E-state index contributed by atoms with van der Waals surface area (Å²) >= 11 is 5.89. The van der Waals surface area contributed by atoms with Crippen LogP contribution in [0.4, 0.5) is 0 Å². The summed E-state index contributed by atoms with van der Waals surface area (Å²) in [7, 11) is -1.39. The lowest BCUT2D eigenvalue weighted by molar-refractivity contribution is -0.142. The zero-order valence-electron chi connectivity index (χ0n) is 13.4. The molecule has 4 nitrogen and oxygen atoms in total. The van der Waals surface area contributed by atoms with Gasteiger partial charge in [0, 0.05) is 11.4 Å². The van der Waals surface area contributed by atoms with Crippen LogP contribution in [0.25, 0.3) is 0 Å². The van der Waals surface area contributed by atoms with Gasteiger partial charge in [-0.05, 0) is 45.4 Å². The molecule has 0 N–H and O–H groups in total. The van der Waals surface area contributed by atoms with Crippen molar-refractivity contribution < 1.29 is 13.7 Å². The molecule has 1 aromatic carbocycles. The Labute approximate surface area is 139 Å². The lowest BCUT2D eigenvalue weighted by Crippen LogP contribution is -2.21. The van der Waals surface area contributed by atoms with Gasteiger partial charge in [0.05, 0.1) is 23.5 Å². The molecule has 0 aliphatic rings. The highest BCUT2D eigenvalue weighted by molar-refractivity contribution is 7.85. The topological polar surface area (TPSA) is 55.7 Å². The summed E-state index contributed by atoms with van der Waals surface area (Å²) in [6.45, 7) is 7.69. The fourth-order valence-electron chi connectivity index (χ4n) is 1.58. The number of hydrogen-bond acceptors (Lipinski definition) is 3. The standard InChI is InChI=1S/C16H22ClNO3S/c1-5-21-15(19)11-10-14(18-22(20)16(2,3)4)12-6-8-13(17)9-7-12/h6-9H,5,10-11H2,1-4H3/b18-14+/t22-/m1/s1. The van der Waals surface area contributed by atoms with Crippen molar-refractivity contribution >= 4 is 34.3 Å².